The average molecular weight is 415 g/mol. The number of carbonyl (C=O) groups is 1. The number of rotatable bonds is 4. The van der Waals surface area contributed by atoms with Gasteiger partial charge in [-0.1, -0.05) is 0 Å². The topological polar surface area (TPSA) is 80.5 Å². The standard InChI is InChI=1S/C22H30N4O2S/c23-18-17-15-8-2-3-9-16(15)20(26-10-4-1-5-11-26)25-22(17)29-19(18)21(27)24-13-14-7-6-12-28-14/h14H,1-13,23H2,(H,24,27)/t14-/m0/s1. The number of nitrogen functional groups attached to an aromatic ring is 1. The Morgan fingerprint density at radius 1 is 1.14 bits per heavy atom. The first kappa shape index (κ1) is 19.1. The number of piperidine rings is 1. The monoisotopic (exact) mass is 414 g/mol. The van der Waals surface area contributed by atoms with Crippen molar-refractivity contribution in [3.05, 3.63) is 16.0 Å². The second-order valence-electron chi connectivity index (χ2n) is 8.52. The first-order chi connectivity index (χ1) is 14.2. The van der Waals surface area contributed by atoms with Gasteiger partial charge in [0, 0.05) is 31.6 Å². The minimum atomic E-state index is -0.0925. The SMILES string of the molecule is Nc1c(C(=O)NC[C@@H]2CCCO2)sc2nc(N3CCCCC3)c3c(c12)CCCC3. The number of ether oxygens (including phenoxy) is 1. The first-order valence-electron chi connectivity index (χ1n) is 11.1. The number of nitrogens with zero attached hydrogens (tertiary/aromatic N) is 2. The number of aryl methyl sites for hydroxylation is 1. The minimum absolute atomic E-state index is 0.0925. The summed E-state index contributed by atoms with van der Waals surface area (Å²) < 4.78 is 5.63. The molecule has 4 heterocycles. The number of anilines is 2. The van der Waals surface area contributed by atoms with Crippen LogP contribution in [0.5, 0.6) is 0 Å². The van der Waals surface area contributed by atoms with Crippen molar-refractivity contribution in [2.45, 2.75) is 63.9 Å². The average Bonchev–Trinajstić information content (AvgIpc) is 3.40. The Labute approximate surface area is 175 Å². The molecule has 0 spiro atoms. The number of hydrogen-bond acceptors (Lipinski definition) is 6. The molecule has 1 aliphatic carbocycles. The zero-order chi connectivity index (χ0) is 19.8. The van der Waals surface area contributed by atoms with Crippen LogP contribution < -0.4 is 16.0 Å². The molecule has 156 valence electrons. The maximum absolute atomic E-state index is 12.9. The van der Waals surface area contributed by atoms with Crippen LogP contribution in [0.2, 0.25) is 0 Å². The Morgan fingerprint density at radius 3 is 2.69 bits per heavy atom. The van der Waals surface area contributed by atoms with Gasteiger partial charge in [0.2, 0.25) is 0 Å². The Kier molecular flexibility index (Phi) is 5.35. The van der Waals surface area contributed by atoms with Gasteiger partial charge in [-0.05, 0) is 68.9 Å². The number of nitrogens with two attached hydrogens (primary N) is 1. The lowest BCUT2D eigenvalue weighted by molar-refractivity contribution is 0.0862. The molecular weight excluding hydrogens is 384 g/mol. The molecule has 0 radical (unpaired) electrons. The van der Waals surface area contributed by atoms with E-state index < -0.39 is 0 Å². The van der Waals surface area contributed by atoms with Crippen LogP contribution in [0, 0.1) is 0 Å². The Morgan fingerprint density at radius 2 is 1.93 bits per heavy atom. The van der Waals surface area contributed by atoms with E-state index in [0.29, 0.717) is 17.1 Å². The van der Waals surface area contributed by atoms with Crippen LogP contribution in [-0.4, -0.2) is 43.2 Å². The van der Waals surface area contributed by atoms with E-state index >= 15 is 0 Å². The highest BCUT2D eigenvalue weighted by atomic mass is 32.1. The van der Waals surface area contributed by atoms with Crippen LogP contribution >= 0.6 is 11.3 Å². The molecule has 1 amide bonds. The van der Waals surface area contributed by atoms with Gasteiger partial charge < -0.3 is 20.7 Å². The highest BCUT2D eigenvalue weighted by Crippen LogP contribution is 2.42. The van der Waals surface area contributed by atoms with Gasteiger partial charge in [0.15, 0.2) is 0 Å². The summed E-state index contributed by atoms with van der Waals surface area (Å²) in [5.74, 6) is 1.06. The van der Waals surface area contributed by atoms with Gasteiger partial charge in [0.1, 0.15) is 15.5 Å². The first-order valence-corrected chi connectivity index (χ1v) is 11.9. The number of carbonyl (C=O) groups excluding carboxylic acids is 1. The van der Waals surface area contributed by atoms with Gasteiger partial charge in [-0.3, -0.25) is 4.79 Å². The zero-order valence-electron chi connectivity index (χ0n) is 17.0. The van der Waals surface area contributed by atoms with Gasteiger partial charge in [-0.15, -0.1) is 11.3 Å². The number of hydrogen-bond donors (Lipinski definition) is 2. The molecule has 5 rings (SSSR count). The smallest absolute Gasteiger partial charge is 0.263 e. The van der Waals surface area contributed by atoms with E-state index in [0.717, 1.165) is 61.4 Å². The Bertz CT molecular complexity index is 913. The summed E-state index contributed by atoms with van der Waals surface area (Å²) in [6.45, 7) is 3.51. The van der Waals surface area contributed by atoms with Gasteiger partial charge in [-0.25, -0.2) is 4.98 Å². The third-order valence-electron chi connectivity index (χ3n) is 6.55. The molecular formula is C22H30N4O2S. The van der Waals surface area contributed by atoms with Crippen LogP contribution in [0.15, 0.2) is 0 Å². The molecule has 1 atom stereocenters. The molecule has 0 bridgehead atoms. The minimum Gasteiger partial charge on any atom is -0.397 e. The van der Waals surface area contributed by atoms with Crippen LogP contribution in [0.3, 0.4) is 0 Å². The van der Waals surface area contributed by atoms with E-state index in [1.54, 1.807) is 0 Å². The van der Waals surface area contributed by atoms with E-state index in [1.165, 1.54) is 54.6 Å². The Hall–Kier alpha value is -1.86. The number of pyridine rings is 1. The summed E-state index contributed by atoms with van der Waals surface area (Å²) in [7, 11) is 0. The van der Waals surface area contributed by atoms with Crippen LogP contribution in [0.4, 0.5) is 11.5 Å². The van der Waals surface area contributed by atoms with Crippen molar-refractivity contribution in [1.82, 2.24) is 10.3 Å². The third-order valence-corrected chi connectivity index (χ3v) is 7.65. The van der Waals surface area contributed by atoms with E-state index in [9.17, 15) is 4.79 Å². The van der Waals surface area contributed by atoms with Gasteiger partial charge in [0.05, 0.1) is 11.8 Å². The largest absolute Gasteiger partial charge is 0.397 e. The molecule has 29 heavy (non-hydrogen) atoms. The molecule has 2 saturated heterocycles. The molecule has 2 aliphatic heterocycles. The molecule has 0 unspecified atom stereocenters. The summed E-state index contributed by atoms with van der Waals surface area (Å²) in [5.41, 5.74) is 9.88. The molecule has 6 nitrogen and oxygen atoms in total. The van der Waals surface area contributed by atoms with Crippen molar-refractivity contribution in [2.75, 3.05) is 36.9 Å². The van der Waals surface area contributed by atoms with Crippen molar-refractivity contribution in [3.63, 3.8) is 0 Å². The number of amides is 1. The summed E-state index contributed by atoms with van der Waals surface area (Å²) in [4.78, 5) is 21.9. The van der Waals surface area contributed by atoms with Gasteiger partial charge in [0.25, 0.3) is 5.91 Å². The number of nitrogens with one attached hydrogen (secondary N) is 1. The molecule has 3 N–H and O–H groups in total. The second kappa shape index (κ2) is 8.11. The van der Waals surface area contributed by atoms with Crippen molar-refractivity contribution >= 4 is 39.0 Å². The molecule has 0 saturated carbocycles. The summed E-state index contributed by atoms with van der Waals surface area (Å²) in [6, 6.07) is 0. The Balaban J connectivity index is 1.50. The van der Waals surface area contributed by atoms with Gasteiger partial charge >= 0.3 is 0 Å². The molecule has 2 aromatic rings. The zero-order valence-corrected chi connectivity index (χ0v) is 17.8. The summed E-state index contributed by atoms with van der Waals surface area (Å²) in [6.07, 6.45) is 10.5. The molecule has 2 aromatic heterocycles. The van der Waals surface area contributed by atoms with E-state index in [1.807, 2.05) is 0 Å². The van der Waals surface area contributed by atoms with Crippen molar-refractivity contribution in [1.29, 1.82) is 0 Å². The fourth-order valence-electron chi connectivity index (χ4n) is 5.02. The third kappa shape index (κ3) is 3.59. The van der Waals surface area contributed by atoms with E-state index in [4.69, 9.17) is 15.5 Å². The fraction of sp³-hybridized carbons (Fsp3) is 0.636. The second-order valence-corrected chi connectivity index (χ2v) is 9.52. The number of fused-ring (bicyclic) bond motifs is 3. The number of thiophene rings is 1. The lowest BCUT2D eigenvalue weighted by Gasteiger charge is -2.31. The highest BCUT2D eigenvalue weighted by Gasteiger charge is 2.28. The van der Waals surface area contributed by atoms with Crippen molar-refractivity contribution < 1.29 is 9.53 Å². The fourth-order valence-corrected chi connectivity index (χ4v) is 6.06. The van der Waals surface area contributed by atoms with E-state index in [-0.39, 0.29) is 12.0 Å². The summed E-state index contributed by atoms with van der Waals surface area (Å²) in [5, 5.41) is 4.06. The number of aromatic nitrogens is 1. The molecule has 0 aromatic carbocycles. The van der Waals surface area contributed by atoms with Crippen molar-refractivity contribution in [3.8, 4) is 0 Å². The predicted octanol–water partition coefficient (Wildman–Crippen LogP) is 3.66. The maximum Gasteiger partial charge on any atom is 0.263 e. The molecule has 7 heteroatoms. The quantitative estimate of drug-likeness (QED) is 0.798. The van der Waals surface area contributed by atoms with Gasteiger partial charge in [-0.2, -0.15) is 0 Å². The van der Waals surface area contributed by atoms with E-state index in [2.05, 4.69) is 10.2 Å². The maximum atomic E-state index is 12.9. The lowest BCUT2D eigenvalue weighted by atomic mass is 9.89. The highest BCUT2D eigenvalue weighted by molar-refractivity contribution is 7.21. The van der Waals surface area contributed by atoms with Crippen LogP contribution in [0.25, 0.3) is 10.2 Å². The normalized spacial score (nSPS) is 22.1. The molecule has 2 fully saturated rings. The van der Waals surface area contributed by atoms with Crippen molar-refractivity contribution in [2.24, 2.45) is 0 Å². The lowest BCUT2D eigenvalue weighted by Crippen LogP contribution is -2.31. The van der Waals surface area contributed by atoms with Crippen LogP contribution in [0.1, 0.15) is 65.7 Å². The predicted molar refractivity (Wildman–Crippen MR) is 118 cm³/mol. The summed E-state index contributed by atoms with van der Waals surface area (Å²) >= 11 is 1.45. The molecule has 3 aliphatic rings. The van der Waals surface area contributed by atoms with Crippen LogP contribution in [-0.2, 0) is 17.6 Å².